The van der Waals surface area contributed by atoms with Gasteiger partial charge in [0.15, 0.2) is 0 Å². The molecule has 1 unspecified atom stereocenters. The second-order valence-corrected chi connectivity index (χ2v) is 10.6. The van der Waals surface area contributed by atoms with Gasteiger partial charge < -0.3 is 4.42 Å². The van der Waals surface area contributed by atoms with Gasteiger partial charge in [-0.2, -0.15) is 0 Å². The highest BCUT2D eigenvalue weighted by Gasteiger charge is 2.54. The lowest BCUT2D eigenvalue weighted by molar-refractivity contribution is 0.599. The first-order valence-electron chi connectivity index (χ1n) is 12.1. The lowest BCUT2D eigenvalue weighted by atomic mass is 9.69. The molecule has 3 aromatic carbocycles. The van der Waals surface area contributed by atoms with Crippen LogP contribution in [0.25, 0.3) is 33.7 Å². The largest absolute Gasteiger partial charge is 0.456 e. The maximum Gasteiger partial charge on any atom is 0.143 e. The van der Waals surface area contributed by atoms with E-state index in [1.807, 2.05) is 6.92 Å². The van der Waals surface area contributed by atoms with Gasteiger partial charge in [0.1, 0.15) is 11.3 Å². The van der Waals surface area contributed by atoms with Crippen LogP contribution in [0.3, 0.4) is 0 Å². The van der Waals surface area contributed by atoms with E-state index in [-0.39, 0.29) is 5.41 Å². The van der Waals surface area contributed by atoms with Crippen molar-refractivity contribution in [2.24, 2.45) is 0 Å². The van der Waals surface area contributed by atoms with Gasteiger partial charge in [-0.3, -0.25) is 0 Å². The predicted molar refractivity (Wildman–Crippen MR) is 145 cm³/mol. The fourth-order valence-electron chi connectivity index (χ4n) is 6.78. The number of furan rings is 1. The summed E-state index contributed by atoms with van der Waals surface area (Å²) in [6, 6.07) is 18.2. The third-order valence-electron chi connectivity index (χ3n) is 7.99. The maximum atomic E-state index is 6.65. The van der Waals surface area contributed by atoms with Gasteiger partial charge in [0.2, 0.25) is 0 Å². The number of allylic oxidation sites excluding steroid dienone is 5. The van der Waals surface area contributed by atoms with Crippen molar-refractivity contribution in [3.05, 3.63) is 116 Å². The van der Waals surface area contributed by atoms with Gasteiger partial charge in [-0.25, -0.2) is 0 Å². The summed E-state index contributed by atoms with van der Waals surface area (Å²) in [5, 5.41) is 1.26. The van der Waals surface area contributed by atoms with Gasteiger partial charge in [-0.1, -0.05) is 70.6 Å². The Morgan fingerprint density at radius 2 is 1.71 bits per heavy atom. The highest BCUT2D eigenvalue weighted by Crippen LogP contribution is 2.65. The van der Waals surface area contributed by atoms with Gasteiger partial charge in [-0.05, 0) is 96.3 Å². The molecule has 0 bridgehead atoms. The van der Waals surface area contributed by atoms with E-state index in [1.165, 1.54) is 61.0 Å². The quantitative estimate of drug-likeness (QED) is 0.251. The predicted octanol–water partition coefficient (Wildman–Crippen LogP) is 9.28. The molecule has 0 amide bonds. The van der Waals surface area contributed by atoms with Crippen LogP contribution in [0, 0.1) is 13.8 Å². The number of hydrogen-bond donors (Lipinski definition) is 0. The smallest absolute Gasteiger partial charge is 0.143 e. The van der Waals surface area contributed by atoms with Crippen LogP contribution in [0.5, 0.6) is 0 Å². The van der Waals surface area contributed by atoms with Crippen LogP contribution in [0.2, 0.25) is 0 Å². The maximum absolute atomic E-state index is 6.65. The summed E-state index contributed by atoms with van der Waals surface area (Å²) in [6.45, 7) is 6.48. The Labute approximate surface area is 208 Å². The third-order valence-corrected chi connectivity index (χ3v) is 8.48. The first-order valence-corrected chi connectivity index (χ1v) is 12.9. The number of rotatable bonds is 1. The van der Waals surface area contributed by atoms with Crippen molar-refractivity contribution in [3.63, 3.8) is 0 Å². The van der Waals surface area contributed by atoms with Crippen molar-refractivity contribution in [2.75, 3.05) is 0 Å². The fraction of sp³-hybridized carbons (Fsp3) is 0.188. The van der Waals surface area contributed by atoms with Crippen LogP contribution in [0.1, 0.15) is 58.9 Å². The first-order chi connectivity index (χ1) is 16.6. The van der Waals surface area contributed by atoms with Gasteiger partial charge in [0, 0.05) is 21.0 Å². The third kappa shape index (κ3) is 2.30. The van der Waals surface area contributed by atoms with Crippen LogP contribution in [0.4, 0.5) is 0 Å². The zero-order valence-corrected chi connectivity index (χ0v) is 21.2. The average molecular weight is 505 g/mol. The Bertz CT molecular complexity index is 1640. The van der Waals surface area contributed by atoms with E-state index in [9.17, 15) is 0 Å². The van der Waals surface area contributed by atoms with E-state index in [0.29, 0.717) is 0 Å². The molecule has 4 aromatic rings. The molecule has 0 fully saturated rings. The van der Waals surface area contributed by atoms with Crippen LogP contribution in [-0.2, 0) is 5.41 Å². The minimum Gasteiger partial charge on any atom is -0.456 e. The summed E-state index contributed by atoms with van der Waals surface area (Å²) in [5.41, 5.74) is 14.1. The molecule has 7 rings (SSSR count). The lowest BCUT2D eigenvalue weighted by Gasteiger charge is -2.32. The normalized spacial score (nSPS) is 19.9. The summed E-state index contributed by atoms with van der Waals surface area (Å²) >= 11 is 3.79. The molecule has 1 spiro atoms. The Kier molecular flexibility index (Phi) is 4.15. The Morgan fingerprint density at radius 3 is 2.56 bits per heavy atom. The van der Waals surface area contributed by atoms with E-state index < -0.39 is 0 Å². The van der Waals surface area contributed by atoms with E-state index in [2.05, 4.69) is 103 Å². The summed E-state index contributed by atoms with van der Waals surface area (Å²) in [6.07, 6.45) is 11.2. The van der Waals surface area contributed by atoms with Gasteiger partial charge in [-0.15, -0.1) is 0 Å². The molecule has 1 aromatic heterocycles. The minimum atomic E-state index is -0.308. The van der Waals surface area contributed by atoms with Crippen molar-refractivity contribution in [3.8, 4) is 11.1 Å². The number of hydrogen-bond acceptors (Lipinski definition) is 1. The highest BCUT2D eigenvalue weighted by atomic mass is 79.9. The molecule has 0 saturated carbocycles. The highest BCUT2D eigenvalue weighted by molar-refractivity contribution is 9.10. The molecule has 0 radical (unpaired) electrons. The lowest BCUT2D eigenvalue weighted by Crippen LogP contribution is -2.26. The standard InChI is InChI=1S/C32H25BrO/c1-4-9-28-19(3)29-18(2)16-27-30(31(29)34-28)23-11-6-8-13-25(23)32(27)24-12-7-5-10-21(24)22-15-14-20(33)17-26(22)32/h4-5,7,9-17H,6,8H2,1-3H3. The summed E-state index contributed by atoms with van der Waals surface area (Å²) < 4.78 is 7.77. The Morgan fingerprint density at radius 1 is 0.912 bits per heavy atom. The minimum absolute atomic E-state index is 0.308. The summed E-state index contributed by atoms with van der Waals surface area (Å²) in [7, 11) is 0. The number of fused-ring (bicyclic) bond motifs is 12. The number of benzene rings is 3. The second kappa shape index (κ2) is 6.96. The molecule has 0 aliphatic heterocycles. The van der Waals surface area contributed by atoms with E-state index in [0.717, 1.165) is 28.7 Å². The Hall–Kier alpha value is -3.10. The molecule has 3 aliphatic carbocycles. The first kappa shape index (κ1) is 20.3. The van der Waals surface area contributed by atoms with Crippen LogP contribution < -0.4 is 0 Å². The molecule has 3 aliphatic rings. The van der Waals surface area contributed by atoms with Gasteiger partial charge >= 0.3 is 0 Å². The molecular weight excluding hydrogens is 480 g/mol. The number of aryl methyl sites for hydroxylation is 2. The van der Waals surface area contributed by atoms with Crippen molar-refractivity contribution in [1.82, 2.24) is 0 Å². The summed E-state index contributed by atoms with van der Waals surface area (Å²) in [4.78, 5) is 0. The Balaban J connectivity index is 1.71. The molecule has 2 heteroatoms. The van der Waals surface area contributed by atoms with Crippen molar-refractivity contribution < 1.29 is 4.42 Å². The van der Waals surface area contributed by atoms with Crippen LogP contribution in [-0.4, -0.2) is 0 Å². The summed E-state index contributed by atoms with van der Waals surface area (Å²) in [5.74, 6) is 0.965. The molecule has 0 saturated heterocycles. The van der Waals surface area contributed by atoms with Gasteiger partial charge in [0.25, 0.3) is 0 Å². The molecule has 166 valence electrons. The molecular formula is C32H25BrO. The number of halogens is 1. The molecule has 1 atom stereocenters. The van der Waals surface area contributed by atoms with E-state index >= 15 is 0 Å². The zero-order chi connectivity index (χ0) is 23.2. The van der Waals surface area contributed by atoms with E-state index in [4.69, 9.17) is 4.42 Å². The van der Waals surface area contributed by atoms with Crippen molar-refractivity contribution >= 4 is 38.5 Å². The zero-order valence-electron chi connectivity index (χ0n) is 19.6. The molecule has 1 heterocycles. The molecule has 1 nitrogen and oxygen atoms in total. The molecule has 34 heavy (non-hydrogen) atoms. The van der Waals surface area contributed by atoms with Crippen LogP contribution in [0.15, 0.2) is 81.2 Å². The van der Waals surface area contributed by atoms with Crippen molar-refractivity contribution in [1.29, 1.82) is 0 Å². The van der Waals surface area contributed by atoms with Crippen molar-refractivity contribution in [2.45, 2.75) is 39.0 Å². The topological polar surface area (TPSA) is 13.1 Å². The van der Waals surface area contributed by atoms with E-state index in [1.54, 1.807) is 0 Å². The van der Waals surface area contributed by atoms with Crippen LogP contribution >= 0.6 is 15.9 Å². The van der Waals surface area contributed by atoms with Gasteiger partial charge in [0.05, 0.1) is 5.41 Å². The SMILES string of the molecule is CC=Cc1oc2c3c(cc(C)c2c1C)C1(C2=CCCC=C23)c2ccccc2-c2ccc(Br)cc21. The average Bonchev–Trinajstić information content (AvgIpc) is 3.43. The second-order valence-electron chi connectivity index (χ2n) is 9.71. The molecule has 0 N–H and O–H groups in total. The fourth-order valence-corrected chi connectivity index (χ4v) is 7.14. The monoisotopic (exact) mass is 504 g/mol.